The summed E-state index contributed by atoms with van der Waals surface area (Å²) >= 11 is 6.54. The quantitative estimate of drug-likeness (QED) is 0.175. The highest BCUT2D eigenvalue weighted by atomic mass is 35.5. The third-order valence-electron chi connectivity index (χ3n) is 7.75. The Morgan fingerprint density at radius 3 is 1.98 bits per heavy atom. The molecule has 2 atom stereocenters. The number of carbonyl (C=O) groups excluding carboxylic acids is 2. The second kappa shape index (κ2) is 15.2. The van der Waals surface area contributed by atoms with E-state index in [0.29, 0.717) is 6.42 Å². The van der Waals surface area contributed by atoms with E-state index in [4.69, 9.17) is 11.6 Å². The van der Waals surface area contributed by atoms with E-state index in [0.717, 1.165) is 26.6 Å². The van der Waals surface area contributed by atoms with Crippen LogP contribution < -0.4 is 9.62 Å². The van der Waals surface area contributed by atoms with Gasteiger partial charge in [0.25, 0.3) is 10.0 Å². The Bertz CT molecular complexity index is 1690. The van der Waals surface area contributed by atoms with Crippen LogP contribution in [0.25, 0.3) is 0 Å². The van der Waals surface area contributed by atoms with Gasteiger partial charge in [0.15, 0.2) is 0 Å². The third kappa shape index (κ3) is 8.74. The molecule has 4 aromatic carbocycles. The summed E-state index contributed by atoms with van der Waals surface area (Å²) in [7, 11) is -4.23. The number of hydrogen-bond acceptors (Lipinski definition) is 4. The molecule has 0 fully saturated rings. The van der Waals surface area contributed by atoms with Crippen LogP contribution in [0.2, 0.25) is 5.02 Å². The van der Waals surface area contributed by atoms with Gasteiger partial charge in [-0.05, 0) is 62.6 Å². The van der Waals surface area contributed by atoms with Gasteiger partial charge >= 0.3 is 0 Å². The standard InChI is InChI=1S/C36H40ClN3O4S/c1-5-28(4)38-36(42)34(23-29-11-7-6-8-12-29)39(24-30-19-15-26(2)16-20-30)35(41)25-40(33-14-10-9-13-32(33)37)45(43,44)31-21-17-27(3)18-22-31/h6-22,28,34H,5,23-25H2,1-4H3,(H,38,42)/t28-,34-/m1/s1. The van der Waals surface area contributed by atoms with Gasteiger partial charge in [-0.3, -0.25) is 13.9 Å². The van der Waals surface area contributed by atoms with Gasteiger partial charge in [0.05, 0.1) is 15.6 Å². The number of nitrogens with zero attached hydrogens (tertiary/aromatic N) is 2. The molecule has 0 aliphatic heterocycles. The van der Waals surface area contributed by atoms with E-state index in [1.54, 1.807) is 36.4 Å². The Morgan fingerprint density at radius 2 is 1.38 bits per heavy atom. The summed E-state index contributed by atoms with van der Waals surface area (Å²) in [5.41, 5.74) is 3.82. The van der Waals surface area contributed by atoms with Crippen LogP contribution in [0.3, 0.4) is 0 Å². The van der Waals surface area contributed by atoms with E-state index in [1.165, 1.54) is 17.0 Å². The molecule has 4 aromatic rings. The second-order valence-electron chi connectivity index (χ2n) is 11.3. The highest BCUT2D eigenvalue weighted by molar-refractivity contribution is 7.92. The van der Waals surface area contributed by atoms with E-state index < -0.39 is 28.5 Å². The number of nitrogens with one attached hydrogen (secondary N) is 1. The van der Waals surface area contributed by atoms with Crippen LogP contribution >= 0.6 is 11.6 Å². The van der Waals surface area contributed by atoms with Crippen molar-refractivity contribution in [3.8, 4) is 0 Å². The van der Waals surface area contributed by atoms with Gasteiger partial charge in [0.1, 0.15) is 12.6 Å². The Morgan fingerprint density at radius 1 is 0.800 bits per heavy atom. The normalized spacial score (nSPS) is 12.6. The lowest BCUT2D eigenvalue weighted by Gasteiger charge is -2.34. The number of sulfonamides is 1. The van der Waals surface area contributed by atoms with Crippen LogP contribution in [0.15, 0.2) is 108 Å². The third-order valence-corrected chi connectivity index (χ3v) is 9.85. The van der Waals surface area contributed by atoms with Crippen molar-refractivity contribution in [3.63, 3.8) is 0 Å². The molecule has 0 saturated carbocycles. The highest BCUT2D eigenvalue weighted by Crippen LogP contribution is 2.31. The van der Waals surface area contributed by atoms with Crippen molar-refractivity contribution in [2.24, 2.45) is 0 Å². The van der Waals surface area contributed by atoms with Gasteiger partial charge in [0.2, 0.25) is 11.8 Å². The van der Waals surface area contributed by atoms with E-state index in [-0.39, 0.29) is 40.5 Å². The van der Waals surface area contributed by atoms with Gasteiger partial charge < -0.3 is 10.2 Å². The van der Waals surface area contributed by atoms with E-state index >= 15 is 0 Å². The van der Waals surface area contributed by atoms with Crippen molar-refractivity contribution in [2.75, 3.05) is 10.8 Å². The van der Waals surface area contributed by atoms with Crippen molar-refractivity contribution in [3.05, 3.63) is 130 Å². The van der Waals surface area contributed by atoms with Crippen molar-refractivity contribution < 1.29 is 18.0 Å². The lowest BCUT2D eigenvalue weighted by atomic mass is 10.0. The predicted octanol–water partition coefficient (Wildman–Crippen LogP) is 6.71. The maximum atomic E-state index is 14.5. The Hall–Kier alpha value is -4.14. The molecule has 0 aromatic heterocycles. The minimum atomic E-state index is -4.23. The molecule has 7 nitrogen and oxygen atoms in total. The number of aryl methyl sites for hydroxylation is 2. The summed E-state index contributed by atoms with van der Waals surface area (Å²) in [6.45, 7) is 7.27. The van der Waals surface area contributed by atoms with Crippen LogP contribution in [0, 0.1) is 13.8 Å². The molecule has 1 N–H and O–H groups in total. The molecule has 9 heteroatoms. The fourth-order valence-electron chi connectivity index (χ4n) is 4.89. The summed E-state index contributed by atoms with van der Waals surface area (Å²) < 4.78 is 29.3. The van der Waals surface area contributed by atoms with E-state index in [1.807, 2.05) is 82.3 Å². The van der Waals surface area contributed by atoms with Crippen LogP contribution in [-0.2, 0) is 32.6 Å². The SMILES string of the molecule is CC[C@@H](C)NC(=O)[C@@H](Cc1ccccc1)N(Cc1ccc(C)cc1)C(=O)CN(c1ccccc1Cl)S(=O)(=O)c1ccc(C)cc1. The number of rotatable bonds is 13. The molecule has 0 aliphatic rings. The highest BCUT2D eigenvalue weighted by Gasteiger charge is 2.35. The van der Waals surface area contributed by atoms with E-state index in [9.17, 15) is 18.0 Å². The number of amides is 2. The molecule has 0 unspecified atom stereocenters. The number of halogens is 1. The molecule has 236 valence electrons. The zero-order chi connectivity index (χ0) is 32.6. The molecule has 2 amide bonds. The first-order valence-corrected chi connectivity index (χ1v) is 16.8. The summed E-state index contributed by atoms with van der Waals surface area (Å²) in [5.74, 6) is -0.842. The largest absolute Gasteiger partial charge is 0.352 e. The maximum absolute atomic E-state index is 14.5. The molecule has 0 spiro atoms. The summed E-state index contributed by atoms with van der Waals surface area (Å²) in [6, 6.07) is 29.2. The molecule has 0 saturated heterocycles. The van der Waals surface area contributed by atoms with Crippen molar-refractivity contribution in [2.45, 2.75) is 64.1 Å². The summed E-state index contributed by atoms with van der Waals surface area (Å²) in [4.78, 5) is 30.0. The van der Waals surface area contributed by atoms with Crippen molar-refractivity contribution in [1.82, 2.24) is 10.2 Å². The van der Waals surface area contributed by atoms with Gasteiger partial charge in [-0.1, -0.05) is 109 Å². The Balaban J connectivity index is 1.81. The monoisotopic (exact) mass is 645 g/mol. The minimum absolute atomic E-state index is 0.0289. The van der Waals surface area contributed by atoms with E-state index in [2.05, 4.69) is 5.32 Å². The fraction of sp³-hybridized carbons (Fsp3) is 0.278. The smallest absolute Gasteiger partial charge is 0.264 e. The molecule has 0 aliphatic carbocycles. The lowest BCUT2D eigenvalue weighted by Crippen LogP contribution is -2.54. The number of benzene rings is 4. The van der Waals surface area contributed by atoms with Crippen molar-refractivity contribution >= 4 is 39.1 Å². The number of para-hydroxylation sites is 1. The first kappa shape index (κ1) is 33.7. The van der Waals surface area contributed by atoms with Crippen LogP contribution in [0.4, 0.5) is 5.69 Å². The molecule has 0 bridgehead atoms. The molecule has 45 heavy (non-hydrogen) atoms. The average Bonchev–Trinajstić information content (AvgIpc) is 3.03. The number of hydrogen-bond donors (Lipinski definition) is 1. The molecule has 0 heterocycles. The van der Waals surface area contributed by atoms with Gasteiger partial charge in [-0.2, -0.15) is 0 Å². The summed E-state index contributed by atoms with van der Waals surface area (Å²) in [6.07, 6.45) is 0.961. The zero-order valence-corrected chi connectivity index (χ0v) is 27.7. The maximum Gasteiger partial charge on any atom is 0.264 e. The number of anilines is 1. The minimum Gasteiger partial charge on any atom is -0.352 e. The first-order chi connectivity index (χ1) is 21.5. The Labute approximate surface area is 271 Å². The van der Waals surface area contributed by atoms with Crippen LogP contribution in [0.5, 0.6) is 0 Å². The van der Waals surface area contributed by atoms with Crippen molar-refractivity contribution in [1.29, 1.82) is 0 Å². The van der Waals surface area contributed by atoms with Crippen LogP contribution in [-0.4, -0.2) is 43.8 Å². The first-order valence-electron chi connectivity index (χ1n) is 15.0. The average molecular weight is 646 g/mol. The van der Waals surface area contributed by atoms with Gasteiger partial charge in [0, 0.05) is 19.0 Å². The van der Waals surface area contributed by atoms with Gasteiger partial charge in [-0.15, -0.1) is 0 Å². The molecule has 4 rings (SSSR count). The van der Waals surface area contributed by atoms with Gasteiger partial charge in [-0.25, -0.2) is 8.42 Å². The topological polar surface area (TPSA) is 86.8 Å². The fourth-order valence-corrected chi connectivity index (χ4v) is 6.61. The Kier molecular flexibility index (Phi) is 11.4. The summed E-state index contributed by atoms with van der Waals surface area (Å²) in [5, 5.41) is 3.23. The predicted molar refractivity (Wildman–Crippen MR) is 181 cm³/mol. The van der Waals surface area contributed by atoms with Crippen LogP contribution in [0.1, 0.15) is 42.5 Å². The lowest BCUT2D eigenvalue weighted by molar-refractivity contribution is -0.140. The molecular weight excluding hydrogens is 606 g/mol. The zero-order valence-electron chi connectivity index (χ0n) is 26.1. The second-order valence-corrected chi connectivity index (χ2v) is 13.6. The molecule has 0 radical (unpaired) electrons. The molecular formula is C36H40ClN3O4S. The number of carbonyl (C=O) groups is 2.